The second-order valence-corrected chi connectivity index (χ2v) is 3.74. The van der Waals surface area contributed by atoms with Crippen molar-refractivity contribution in [1.29, 1.82) is 0 Å². The van der Waals surface area contributed by atoms with Crippen molar-refractivity contribution in [3.63, 3.8) is 0 Å². The highest BCUT2D eigenvalue weighted by molar-refractivity contribution is 5.27. The maximum Gasteiger partial charge on any atom is 0.0832 e. The van der Waals surface area contributed by atoms with Gasteiger partial charge in [0.05, 0.1) is 5.60 Å². The van der Waals surface area contributed by atoms with Crippen molar-refractivity contribution in [3.8, 4) is 0 Å². The van der Waals surface area contributed by atoms with E-state index in [2.05, 4.69) is 13.2 Å². The van der Waals surface area contributed by atoms with Gasteiger partial charge in [0.25, 0.3) is 0 Å². The van der Waals surface area contributed by atoms with Gasteiger partial charge in [0, 0.05) is 5.92 Å². The molecule has 2 unspecified atom stereocenters. The Morgan fingerprint density at radius 3 is 2.45 bits per heavy atom. The van der Waals surface area contributed by atoms with Crippen LogP contribution >= 0.6 is 0 Å². The van der Waals surface area contributed by atoms with E-state index >= 15 is 0 Å². The molecule has 11 heavy (non-hydrogen) atoms. The summed E-state index contributed by atoms with van der Waals surface area (Å²) < 4.78 is 0. The van der Waals surface area contributed by atoms with Crippen LogP contribution in [0.2, 0.25) is 0 Å². The van der Waals surface area contributed by atoms with Crippen LogP contribution in [-0.2, 0) is 0 Å². The standard InChI is InChI=1S/C10H16O/c1-7(2)9-5-6-10(4,11)8(9)3/h9,11H,1,3,5-6H2,2,4H3. The zero-order chi connectivity index (χ0) is 8.65. The molecule has 0 aromatic carbocycles. The highest BCUT2D eigenvalue weighted by Gasteiger charge is 2.36. The molecule has 0 aromatic heterocycles. The summed E-state index contributed by atoms with van der Waals surface area (Å²) in [6, 6.07) is 0. The van der Waals surface area contributed by atoms with E-state index in [1.807, 2.05) is 13.8 Å². The molecule has 1 nitrogen and oxygen atoms in total. The molecular formula is C10H16O. The van der Waals surface area contributed by atoms with Gasteiger partial charge in [-0.3, -0.25) is 0 Å². The molecule has 0 radical (unpaired) electrons. The van der Waals surface area contributed by atoms with Crippen molar-refractivity contribution in [3.05, 3.63) is 24.3 Å². The number of hydrogen-bond acceptors (Lipinski definition) is 1. The van der Waals surface area contributed by atoms with Crippen molar-refractivity contribution in [1.82, 2.24) is 0 Å². The molecule has 1 fully saturated rings. The first-order valence-electron chi connectivity index (χ1n) is 4.02. The van der Waals surface area contributed by atoms with E-state index < -0.39 is 5.60 Å². The molecule has 1 aliphatic rings. The average molecular weight is 152 g/mol. The summed E-state index contributed by atoms with van der Waals surface area (Å²) in [4.78, 5) is 0. The van der Waals surface area contributed by atoms with Crippen molar-refractivity contribution in [2.45, 2.75) is 32.3 Å². The fourth-order valence-corrected chi connectivity index (χ4v) is 1.68. The highest BCUT2D eigenvalue weighted by atomic mass is 16.3. The molecule has 0 spiro atoms. The lowest BCUT2D eigenvalue weighted by Crippen LogP contribution is -2.22. The Morgan fingerprint density at radius 1 is 1.73 bits per heavy atom. The topological polar surface area (TPSA) is 20.2 Å². The van der Waals surface area contributed by atoms with Crippen LogP contribution in [0.1, 0.15) is 26.7 Å². The van der Waals surface area contributed by atoms with Gasteiger partial charge in [0.2, 0.25) is 0 Å². The van der Waals surface area contributed by atoms with Crippen LogP contribution in [0.15, 0.2) is 24.3 Å². The molecule has 0 aliphatic heterocycles. The Balaban J connectivity index is 2.79. The molecule has 1 heteroatoms. The quantitative estimate of drug-likeness (QED) is 0.571. The summed E-state index contributed by atoms with van der Waals surface area (Å²) in [6.45, 7) is 11.6. The summed E-state index contributed by atoms with van der Waals surface area (Å²) in [5.74, 6) is 0.338. The molecule has 2 atom stereocenters. The van der Waals surface area contributed by atoms with Crippen LogP contribution in [0, 0.1) is 5.92 Å². The van der Waals surface area contributed by atoms with E-state index in [1.165, 1.54) is 0 Å². The minimum Gasteiger partial charge on any atom is -0.386 e. The van der Waals surface area contributed by atoms with Crippen molar-refractivity contribution in [2.75, 3.05) is 0 Å². The van der Waals surface area contributed by atoms with E-state index in [0.29, 0.717) is 5.92 Å². The summed E-state index contributed by atoms with van der Waals surface area (Å²) in [7, 11) is 0. The molecule has 1 rings (SSSR count). The molecule has 0 aromatic rings. The van der Waals surface area contributed by atoms with Crippen molar-refractivity contribution >= 4 is 0 Å². The smallest absolute Gasteiger partial charge is 0.0832 e. The third-order valence-corrected chi connectivity index (χ3v) is 2.63. The van der Waals surface area contributed by atoms with E-state index in [0.717, 1.165) is 24.0 Å². The predicted octanol–water partition coefficient (Wildman–Crippen LogP) is 2.28. The zero-order valence-corrected chi connectivity index (χ0v) is 7.35. The summed E-state index contributed by atoms with van der Waals surface area (Å²) in [6.07, 6.45) is 1.82. The van der Waals surface area contributed by atoms with Crippen LogP contribution in [0.25, 0.3) is 0 Å². The van der Waals surface area contributed by atoms with Gasteiger partial charge in [-0.05, 0) is 32.3 Å². The van der Waals surface area contributed by atoms with Crippen LogP contribution in [0.3, 0.4) is 0 Å². The van der Waals surface area contributed by atoms with Gasteiger partial charge >= 0.3 is 0 Å². The Morgan fingerprint density at radius 2 is 2.27 bits per heavy atom. The zero-order valence-electron chi connectivity index (χ0n) is 7.35. The lowest BCUT2D eigenvalue weighted by molar-refractivity contribution is 0.106. The van der Waals surface area contributed by atoms with Gasteiger partial charge < -0.3 is 5.11 Å². The Labute approximate surface area is 68.4 Å². The van der Waals surface area contributed by atoms with E-state index in [9.17, 15) is 5.11 Å². The van der Waals surface area contributed by atoms with E-state index in [4.69, 9.17) is 0 Å². The fourth-order valence-electron chi connectivity index (χ4n) is 1.68. The largest absolute Gasteiger partial charge is 0.386 e. The maximum atomic E-state index is 9.74. The monoisotopic (exact) mass is 152 g/mol. The number of hydrogen-bond donors (Lipinski definition) is 1. The number of rotatable bonds is 1. The van der Waals surface area contributed by atoms with Gasteiger partial charge in [-0.15, -0.1) is 0 Å². The minimum atomic E-state index is -0.649. The molecule has 1 N–H and O–H groups in total. The van der Waals surface area contributed by atoms with Gasteiger partial charge in [0.1, 0.15) is 0 Å². The second-order valence-electron chi connectivity index (χ2n) is 3.74. The van der Waals surface area contributed by atoms with Crippen LogP contribution in [0.5, 0.6) is 0 Å². The summed E-state index contributed by atoms with van der Waals surface area (Å²) in [5, 5.41) is 9.74. The number of aliphatic hydroxyl groups is 1. The van der Waals surface area contributed by atoms with Gasteiger partial charge in [-0.1, -0.05) is 18.7 Å². The van der Waals surface area contributed by atoms with Crippen LogP contribution in [-0.4, -0.2) is 10.7 Å². The molecule has 0 saturated heterocycles. The van der Waals surface area contributed by atoms with Crippen molar-refractivity contribution in [2.24, 2.45) is 5.92 Å². The first-order chi connectivity index (χ1) is 4.95. The van der Waals surface area contributed by atoms with Crippen LogP contribution in [0.4, 0.5) is 0 Å². The van der Waals surface area contributed by atoms with Crippen LogP contribution < -0.4 is 0 Å². The molecule has 0 heterocycles. The Bertz CT molecular complexity index is 201. The average Bonchev–Trinajstić information content (AvgIpc) is 2.09. The normalized spacial score (nSPS) is 37.7. The Hall–Kier alpha value is -0.560. The first kappa shape index (κ1) is 8.54. The molecule has 1 saturated carbocycles. The molecule has 62 valence electrons. The SMILES string of the molecule is C=C(C)C1CCC(C)(O)C1=C. The highest BCUT2D eigenvalue weighted by Crippen LogP contribution is 2.41. The van der Waals surface area contributed by atoms with E-state index in [-0.39, 0.29) is 0 Å². The summed E-state index contributed by atoms with van der Waals surface area (Å²) in [5.41, 5.74) is 1.40. The van der Waals surface area contributed by atoms with Gasteiger partial charge in [-0.2, -0.15) is 0 Å². The summed E-state index contributed by atoms with van der Waals surface area (Å²) >= 11 is 0. The lowest BCUT2D eigenvalue weighted by Gasteiger charge is -2.20. The fraction of sp³-hybridized carbons (Fsp3) is 0.600. The molecular weight excluding hydrogens is 136 g/mol. The predicted molar refractivity (Wildman–Crippen MR) is 47.3 cm³/mol. The lowest BCUT2D eigenvalue weighted by atomic mass is 9.92. The van der Waals surface area contributed by atoms with Crippen molar-refractivity contribution < 1.29 is 5.11 Å². The third kappa shape index (κ3) is 1.38. The van der Waals surface area contributed by atoms with Gasteiger partial charge in [-0.25, -0.2) is 0 Å². The maximum absolute atomic E-state index is 9.74. The third-order valence-electron chi connectivity index (χ3n) is 2.63. The second kappa shape index (κ2) is 2.49. The molecule has 0 amide bonds. The Kier molecular flexibility index (Phi) is 1.93. The first-order valence-corrected chi connectivity index (χ1v) is 4.02. The van der Waals surface area contributed by atoms with E-state index in [1.54, 1.807) is 0 Å². The molecule has 0 bridgehead atoms. The number of allylic oxidation sites excluding steroid dienone is 1. The molecule has 1 aliphatic carbocycles. The van der Waals surface area contributed by atoms with Gasteiger partial charge in [0.15, 0.2) is 0 Å². The minimum absolute atomic E-state index is 0.338.